The van der Waals surface area contributed by atoms with Crippen molar-refractivity contribution < 1.29 is 8.78 Å². The third kappa shape index (κ3) is 0.680. The van der Waals surface area contributed by atoms with Gasteiger partial charge in [0.2, 0.25) is 0 Å². The van der Waals surface area contributed by atoms with E-state index in [2.05, 4.69) is 0 Å². The average Bonchev–Trinajstić information content (AvgIpc) is 1.98. The van der Waals surface area contributed by atoms with E-state index >= 15 is 0 Å². The topological polar surface area (TPSA) is 3.24 Å². The van der Waals surface area contributed by atoms with E-state index in [-0.39, 0.29) is 6.42 Å². The van der Waals surface area contributed by atoms with Crippen LogP contribution in [0.5, 0.6) is 0 Å². The van der Waals surface area contributed by atoms with Crippen LogP contribution < -0.4 is 0 Å². The highest BCUT2D eigenvalue weighted by atomic mass is 19.2. The van der Waals surface area contributed by atoms with Crippen LogP contribution >= 0.6 is 0 Å². The van der Waals surface area contributed by atoms with Gasteiger partial charge in [0.25, 0.3) is 0 Å². The van der Waals surface area contributed by atoms with Crippen molar-refractivity contribution in [2.45, 2.75) is 12.7 Å². The molecule has 0 bridgehead atoms. The van der Waals surface area contributed by atoms with Crippen LogP contribution in [0, 0.1) is 0 Å². The zero-order valence-electron chi connectivity index (χ0n) is 4.56. The third-order valence-electron chi connectivity index (χ3n) is 1.24. The van der Waals surface area contributed by atoms with Gasteiger partial charge in [0.15, 0.2) is 12.2 Å². The molecule has 1 rings (SSSR count). The molecule has 0 amide bonds. The van der Waals surface area contributed by atoms with Gasteiger partial charge in [0, 0.05) is 13.5 Å². The van der Waals surface area contributed by atoms with Crippen molar-refractivity contribution in [2.75, 3.05) is 7.05 Å². The second kappa shape index (κ2) is 1.73. The smallest absolute Gasteiger partial charge is 0.187 e. The molecule has 8 heavy (non-hydrogen) atoms. The van der Waals surface area contributed by atoms with Gasteiger partial charge < -0.3 is 4.90 Å². The third-order valence-corrected chi connectivity index (χ3v) is 1.24. The minimum atomic E-state index is -1.14. The predicted octanol–water partition coefficient (Wildman–Crippen LogP) is 1.43. The van der Waals surface area contributed by atoms with E-state index in [4.69, 9.17) is 0 Å². The maximum Gasteiger partial charge on any atom is 0.187 e. The molecule has 1 aliphatic rings. The molecule has 0 aromatic heterocycles. The summed E-state index contributed by atoms with van der Waals surface area (Å²) in [5, 5.41) is 0. The van der Waals surface area contributed by atoms with Crippen molar-refractivity contribution in [1.82, 2.24) is 4.90 Å². The van der Waals surface area contributed by atoms with Crippen molar-refractivity contribution >= 4 is 0 Å². The highest BCUT2D eigenvalue weighted by Gasteiger charge is 2.20. The molecule has 46 valence electrons. The van der Waals surface area contributed by atoms with E-state index in [9.17, 15) is 8.78 Å². The van der Waals surface area contributed by atoms with Crippen molar-refractivity contribution in [2.24, 2.45) is 0 Å². The lowest BCUT2D eigenvalue weighted by Gasteiger charge is -2.12. The molecule has 0 radical (unpaired) electrons. The van der Waals surface area contributed by atoms with Gasteiger partial charge in [0.05, 0.1) is 0 Å². The Hall–Kier alpha value is -0.600. The molecule has 1 unspecified atom stereocenters. The number of hydrogen-bond acceptors (Lipinski definition) is 1. The van der Waals surface area contributed by atoms with Crippen molar-refractivity contribution in [3.05, 3.63) is 12.0 Å². The Morgan fingerprint density at radius 2 is 2.50 bits per heavy atom. The molecule has 0 aromatic rings. The van der Waals surface area contributed by atoms with Crippen molar-refractivity contribution in [3.8, 4) is 0 Å². The normalized spacial score (nSPS) is 28.6. The molecule has 0 fully saturated rings. The van der Waals surface area contributed by atoms with Crippen molar-refractivity contribution in [3.63, 3.8) is 0 Å². The minimum absolute atomic E-state index is 0.183. The van der Waals surface area contributed by atoms with E-state index in [0.717, 1.165) is 4.90 Å². The monoisotopic (exact) mass is 119 g/mol. The fourth-order valence-corrected chi connectivity index (χ4v) is 0.630. The van der Waals surface area contributed by atoms with E-state index in [1.807, 2.05) is 0 Å². The lowest BCUT2D eigenvalue weighted by molar-refractivity contribution is 0.143. The van der Waals surface area contributed by atoms with Crippen LogP contribution in [0.2, 0.25) is 0 Å². The predicted molar refractivity (Wildman–Crippen MR) is 26.5 cm³/mol. The molecule has 0 N–H and O–H groups in total. The van der Waals surface area contributed by atoms with Gasteiger partial charge in [-0.1, -0.05) is 0 Å². The molecule has 1 heterocycles. The summed E-state index contributed by atoms with van der Waals surface area (Å²) in [6.07, 6.45) is 0.280. The first-order chi connectivity index (χ1) is 3.72. The number of alkyl halides is 1. The maximum absolute atomic E-state index is 12.2. The first kappa shape index (κ1) is 5.54. The van der Waals surface area contributed by atoms with E-state index in [1.54, 1.807) is 0 Å². The largest absolute Gasteiger partial charge is 0.322 e. The van der Waals surface area contributed by atoms with Crippen LogP contribution in [0.1, 0.15) is 6.42 Å². The van der Waals surface area contributed by atoms with Crippen LogP contribution in [0.25, 0.3) is 0 Å². The second-order valence-corrected chi connectivity index (χ2v) is 1.81. The first-order valence-electron chi connectivity index (χ1n) is 2.44. The quantitative estimate of drug-likeness (QED) is 0.436. The molecule has 0 saturated heterocycles. The number of halogens is 2. The highest BCUT2D eigenvalue weighted by Crippen LogP contribution is 2.20. The molecule has 3 heteroatoms. The summed E-state index contributed by atoms with van der Waals surface area (Å²) in [6.45, 7) is 0. The van der Waals surface area contributed by atoms with Gasteiger partial charge in [-0.2, -0.15) is 4.39 Å². The Morgan fingerprint density at radius 1 is 1.88 bits per heavy atom. The van der Waals surface area contributed by atoms with E-state index in [0.29, 0.717) is 0 Å². The zero-order valence-corrected chi connectivity index (χ0v) is 4.56. The fourth-order valence-electron chi connectivity index (χ4n) is 0.630. The van der Waals surface area contributed by atoms with Gasteiger partial charge in [-0.25, -0.2) is 4.39 Å². The van der Waals surface area contributed by atoms with Gasteiger partial charge in [0.1, 0.15) is 0 Å². The van der Waals surface area contributed by atoms with Crippen LogP contribution in [0.3, 0.4) is 0 Å². The molecule has 1 aliphatic heterocycles. The second-order valence-electron chi connectivity index (χ2n) is 1.81. The van der Waals surface area contributed by atoms with Crippen LogP contribution in [0.4, 0.5) is 8.78 Å². The zero-order chi connectivity index (χ0) is 6.15. The highest BCUT2D eigenvalue weighted by molar-refractivity contribution is 4.99. The Balaban J connectivity index is 2.59. The number of rotatable bonds is 0. The van der Waals surface area contributed by atoms with Crippen LogP contribution in [-0.2, 0) is 0 Å². The Labute approximate surface area is 46.6 Å². The molecule has 1 atom stereocenters. The summed E-state index contributed by atoms with van der Waals surface area (Å²) in [6, 6.07) is 0. The average molecular weight is 119 g/mol. The lowest BCUT2D eigenvalue weighted by Crippen LogP contribution is -2.19. The van der Waals surface area contributed by atoms with E-state index < -0.39 is 12.2 Å². The van der Waals surface area contributed by atoms with Crippen LogP contribution in [-0.4, -0.2) is 18.2 Å². The van der Waals surface area contributed by atoms with E-state index in [1.165, 1.54) is 13.1 Å². The summed E-state index contributed by atoms with van der Waals surface area (Å²) in [5.41, 5.74) is 0. The Morgan fingerprint density at radius 3 is 2.62 bits per heavy atom. The first-order valence-corrected chi connectivity index (χ1v) is 2.44. The van der Waals surface area contributed by atoms with Gasteiger partial charge in [-0.05, 0) is 6.08 Å². The van der Waals surface area contributed by atoms with Gasteiger partial charge in [-0.15, -0.1) is 0 Å². The number of hydrogen-bond donors (Lipinski definition) is 0. The Bertz CT molecular complexity index is 122. The molecular formula is C5H7F2N. The van der Waals surface area contributed by atoms with Crippen molar-refractivity contribution in [1.29, 1.82) is 0 Å². The fraction of sp³-hybridized carbons (Fsp3) is 0.600. The Kier molecular flexibility index (Phi) is 1.19. The summed E-state index contributed by atoms with van der Waals surface area (Å²) in [5.74, 6) is -0.461. The molecule has 0 saturated carbocycles. The summed E-state index contributed by atoms with van der Waals surface area (Å²) < 4.78 is 24.3. The minimum Gasteiger partial charge on any atom is -0.322 e. The lowest BCUT2D eigenvalue weighted by atomic mass is 10.4. The van der Waals surface area contributed by atoms with Gasteiger partial charge in [-0.3, -0.25) is 0 Å². The summed E-state index contributed by atoms with van der Waals surface area (Å²) in [4.78, 5) is 0.972. The molecule has 0 aromatic carbocycles. The molecule has 0 aliphatic carbocycles. The summed E-state index contributed by atoms with van der Waals surface area (Å²) in [7, 11) is 1.39. The molecule has 1 nitrogen and oxygen atoms in total. The SMILES string of the molecule is CN1C(F)=CCC1F. The maximum atomic E-state index is 12.2. The van der Waals surface area contributed by atoms with Gasteiger partial charge >= 0.3 is 0 Å². The number of nitrogens with zero attached hydrogens (tertiary/aromatic N) is 1. The standard InChI is InChI=1S/C5H7F2N/c1-8-4(6)2-3-5(8)7/h2,5H,3H2,1H3. The van der Waals surface area contributed by atoms with Crippen LogP contribution in [0.15, 0.2) is 12.0 Å². The summed E-state index contributed by atoms with van der Waals surface area (Å²) >= 11 is 0. The molecular weight excluding hydrogens is 112 g/mol. The molecule has 0 spiro atoms.